The molecule has 0 bridgehead atoms. The molecule has 0 amide bonds. The van der Waals surface area contributed by atoms with Crippen molar-refractivity contribution in [1.82, 2.24) is 4.98 Å². The summed E-state index contributed by atoms with van der Waals surface area (Å²) in [6.45, 7) is 0.0708. The van der Waals surface area contributed by atoms with Crippen LogP contribution in [0.2, 0.25) is 0 Å². The molecule has 2 aromatic rings. The Bertz CT molecular complexity index is 556. The number of aliphatic hydroxyl groups is 1. The van der Waals surface area contributed by atoms with Crippen LogP contribution in [-0.4, -0.2) is 33.5 Å². The van der Waals surface area contributed by atoms with Crippen LogP contribution < -0.4 is 0 Å². The minimum atomic E-state index is -0.979. The standard InChI is InChI=1S/C12H11NO3S/c14-5-6-17-11-9-4-2-1-3-8(9)10(7-13-11)12(15)16/h1-4,7,14H,5-6H2,(H,15,16). The average molecular weight is 249 g/mol. The lowest BCUT2D eigenvalue weighted by Gasteiger charge is -2.06. The molecule has 0 radical (unpaired) electrons. The summed E-state index contributed by atoms with van der Waals surface area (Å²) in [6, 6.07) is 7.26. The van der Waals surface area contributed by atoms with Gasteiger partial charge in [0.2, 0.25) is 0 Å². The molecule has 2 N–H and O–H groups in total. The molecule has 1 aromatic carbocycles. The Morgan fingerprint density at radius 3 is 2.65 bits per heavy atom. The number of nitrogens with zero attached hydrogens (tertiary/aromatic N) is 1. The number of fused-ring (bicyclic) bond motifs is 1. The van der Waals surface area contributed by atoms with Gasteiger partial charge in [-0.3, -0.25) is 0 Å². The molecule has 0 atom stereocenters. The fourth-order valence-corrected chi connectivity index (χ4v) is 2.34. The van der Waals surface area contributed by atoms with Crippen LogP contribution >= 0.6 is 11.8 Å². The van der Waals surface area contributed by atoms with E-state index in [1.54, 1.807) is 12.1 Å². The molecule has 0 aliphatic carbocycles. The van der Waals surface area contributed by atoms with Crippen LogP contribution in [0.15, 0.2) is 35.5 Å². The first-order chi connectivity index (χ1) is 8.24. The molecule has 4 nitrogen and oxygen atoms in total. The van der Waals surface area contributed by atoms with E-state index in [1.165, 1.54) is 18.0 Å². The van der Waals surface area contributed by atoms with Gasteiger partial charge in [-0.2, -0.15) is 0 Å². The van der Waals surface area contributed by atoms with E-state index in [0.29, 0.717) is 11.1 Å². The SMILES string of the molecule is O=C(O)c1cnc(SCCO)c2ccccc12. The van der Waals surface area contributed by atoms with Gasteiger partial charge >= 0.3 is 5.97 Å². The molecule has 0 spiro atoms. The zero-order valence-corrected chi connectivity index (χ0v) is 9.78. The minimum Gasteiger partial charge on any atom is -0.478 e. The van der Waals surface area contributed by atoms with Gasteiger partial charge in [0.05, 0.1) is 12.2 Å². The Morgan fingerprint density at radius 1 is 1.29 bits per heavy atom. The smallest absolute Gasteiger partial charge is 0.337 e. The number of thioether (sulfide) groups is 1. The van der Waals surface area contributed by atoms with Gasteiger partial charge < -0.3 is 10.2 Å². The molecule has 0 unspecified atom stereocenters. The van der Waals surface area contributed by atoms with Crippen LogP contribution in [0.4, 0.5) is 0 Å². The lowest BCUT2D eigenvalue weighted by atomic mass is 10.1. The Kier molecular flexibility index (Phi) is 3.61. The molecule has 5 heteroatoms. The molecule has 2 rings (SSSR count). The van der Waals surface area contributed by atoms with Crippen LogP contribution in [0, 0.1) is 0 Å². The topological polar surface area (TPSA) is 70.4 Å². The van der Waals surface area contributed by atoms with Crippen LogP contribution in [0.3, 0.4) is 0 Å². The first-order valence-electron chi connectivity index (χ1n) is 5.08. The number of carboxylic acid groups (broad SMARTS) is 1. The van der Waals surface area contributed by atoms with Gasteiger partial charge in [0.1, 0.15) is 5.03 Å². The summed E-state index contributed by atoms with van der Waals surface area (Å²) in [4.78, 5) is 15.2. The molecule has 88 valence electrons. The van der Waals surface area contributed by atoms with E-state index in [2.05, 4.69) is 4.98 Å². The van der Waals surface area contributed by atoms with Gasteiger partial charge in [-0.15, -0.1) is 11.8 Å². The molecule has 0 aliphatic heterocycles. The largest absolute Gasteiger partial charge is 0.478 e. The van der Waals surface area contributed by atoms with Crippen molar-refractivity contribution in [3.05, 3.63) is 36.0 Å². The van der Waals surface area contributed by atoms with E-state index in [9.17, 15) is 4.79 Å². The first-order valence-corrected chi connectivity index (χ1v) is 6.07. The number of carboxylic acids is 1. The Morgan fingerprint density at radius 2 is 2.00 bits per heavy atom. The Hall–Kier alpha value is -1.59. The Balaban J connectivity index is 2.58. The van der Waals surface area contributed by atoms with Gasteiger partial charge in [0, 0.05) is 22.7 Å². The first kappa shape index (κ1) is 11.9. The summed E-state index contributed by atoms with van der Waals surface area (Å²) in [5.74, 6) is -0.434. The van der Waals surface area contributed by atoms with Crippen molar-refractivity contribution in [3.8, 4) is 0 Å². The number of carbonyl (C=O) groups is 1. The lowest BCUT2D eigenvalue weighted by molar-refractivity contribution is 0.0698. The highest BCUT2D eigenvalue weighted by atomic mass is 32.2. The minimum absolute atomic E-state index is 0.0708. The van der Waals surface area contributed by atoms with E-state index < -0.39 is 5.97 Å². The van der Waals surface area contributed by atoms with Crippen molar-refractivity contribution in [2.24, 2.45) is 0 Å². The summed E-state index contributed by atoms with van der Waals surface area (Å²) in [5, 5.41) is 20.1. The fourth-order valence-electron chi connectivity index (χ4n) is 1.59. The van der Waals surface area contributed by atoms with Crippen molar-refractivity contribution in [3.63, 3.8) is 0 Å². The number of pyridine rings is 1. The number of aromatic carboxylic acids is 1. The van der Waals surface area contributed by atoms with Gasteiger partial charge in [-0.1, -0.05) is 24.3 Å². The predicted molar refractivity (Wildman–Crippen MR) is 66.5 cm³/mol. The molecule has 0 fully saturated rings. The van der Waals surface area contributed by atoms with Crippen molar-refractivity contribution >= 4 is 28.5 Å². The number of rotatable bonds is 4. The summed E-state index contributed by atoms with van der Waals surface area (Å²) in [5.41, 5.74) is 0.203. The highest BCUT2D eigenvalue weighted by molar-refractivity contribution is 7.99. The normalized spacial score (nSPS) is 10.6. The highest BCUT2D eigenvalue weighted by Gasteiger charge is 2.11. The number of aromatic nitrogens is 1. The van der Waals surface area contributed by atoms with Crippen LogP contribution in [0.1, 0.15) is 10.4 Å². The second-order valence-corrected chi connectivity index (χ2v) is 4.48. The fraction of sp³-hybridized carbons (Fsp3) is 0.167. The van der Waals surface area contributed by atoms with Crippen LogP contribution in [0.5, 0.6) is 0 Å². The maximum absolute atomic E-state index is 11.1. The maximum atomic E-state index is 11.1. The van der Waals surface area contributed by atoms with E-state index in [-0.39, 0.29) is 12.2 Å². The summed E-state index contributed by atoms with van der Waals surface area (Å²) < 4.78 is 0. The number of hydrogen-bond acceptors (Lipinski definition) is 4. The van der Waals surface area contributed by atoms with E-state index >= 15 is 0 Å². The molecular weight excluding hydrogens is 238 g/mol. The van der Waals surface area contributed by atoms with Crippen molar-refractivity contribution in [1.29, 1.82) is 0 Å². The van der Waals surface area contributed by atoms with Crippen molar-refractivity contribution in [2.45, 2.75) is 5.03 Å². The zero-order chi connectivity index (χ0) is 12.3. The number of hydrogen-bond donors (Lipinski definition) is 2. The number of benzene rings is 1. The lowest BCUT2D eigenvalue weighted by Crippen LogP contribution is -2.00. The second-order valence-electron chi connectivity index (χ2n) is 3.40. The van der Waals surface area contributed by atoms with Crippen molar-refractivity contribution < 1.29 is 15.0 Å². The molecule has 1 heterocycles. The van der Waals surface area contributed by atoms with Crippen LogP contribution in [0.25, 0.3) is 10.8 Å². The predicted octanol–water partition coefficient (Wildman–Crippen LogP) is 2.02. The molecule has 0 aliphatic rings. The molecule has 17 heavy (non-hydrogen) atoms. The third kappa shape index (κ3) is 2.40. The maximum Gasteiger partial charge on any atom is 0.337 e. The van der Waals surface area contributed by atoms with E-state index in [0.717, 1.165) is 10.4 Å². The van der Waals surface area contributed by atoms with Gasteiger partial charge in [-0.05, 0) is 0 Å². The van der Waals surface area contributed by atoms with E-state index in [4.69, 9.17) is 10.2 Å². The third-order valence-corrected chi connectivity index (χ3v) is 3.30. The summed E-state index contributed by atoms with van der Waals surface area (Å²) in [6.07, 6.45) is 1.37. The van der Waals surface area contributed by atoms with Gasteiger partial charge in [0.15, 0.2) is 0 Å². The summed E-state index contributed by atoms with van der Waals surface area (Å²) >= 11 is 1.42. The second kappa shape index (κ2) is 5.16. The average Bonchev–Trinajstić information content (AvgIpc) is 2.35. The van der Waals surface area contributed by atoms with Gasteiger partial charge in [0.25, 0.3) is 0 Å². The van der Waals surface area contributed by atoms with Crippen molar-refractivity contribution in [2.75, 3.05) is 12.4 Å². The quantitative estimate of drug-likeness (QED) is 0.811. The van der Waals surface area contributed by atoms with Gasteiger partial charge in [-0.25, -0.2) is 9.78 Å². The summed E-state index contributed by atoms with van der Waals surface area (Å²) in [7, 11) is 0. The number of aliphatic hydroxyl groups excluding tert-OH is 1. The molecule has 1 aromatic heterocycles. The molecule has 0 saturated heterocycles. The van der Waals surface area contributed by atoms with E-state index in [1.807, 2.05) is 12.1 Å². The highest BCUT2D eigenvalue weighted by Crippen LogP contribution is 2.27. The third-order valence-electron chi connectivity index (χ3n) is 2.32. The zero-order valence-electron chi connectivity index (χ0n) is 8.96. The molecule has 0 saturated carbocycles. The monoisotopic (exact) mass is 249 g/mol. The Labute approximate surface area is 102 Å². The van der Waals surface area contributed by atoms with Crippen LogP contribution in [-0.2, 0) is 0 Å². The molecular formula is C12H11NO3S.